The summed E-state index contributed by atoms with van der Waals surface area (Å²) in [4.78, 5) is 0. The number of alkyl halides is 2. The van der Waals surface area contributed by atoms with Gasteiger partial charge in [0.1, 0.15) is 12.3 Å². The first-order valence-electron chi connectivity index (χ1n) is 6.43. The number of ether oxygens (including phenoxy) is 2. The van der Waals surface area contributed by atoms with Crippen molar-refractivity contribution < 1.29 is 27.0 Å². The normalized spacial score (nSPS) is 13.9. The Kier molecular flexibility index (Phi) is 6.61. The minimum Gasteiger partial charge on any atom is -0.490 e. The molecule has 0 radical (unpaired) electrons. The van der Waals surface area contributed by atoms with Gasteiger partial charge in [-0.25, -0.2) is 8.78 Å². The second-order valence-electron chi connectivity index (χ2n) is 4.53. The van der Waals surface area contributed by atoms with Crippen LogP contribution in [0.5, 0.6) is 11.5 Å². The van der Waals surface area contributed by atoms with Gasteiger partial charge in [0.15, 0.2) is 11.5 Å². The molecule has 0 N–H and O–H groups in total. The van der Waals surface area contributed by atoms with Gasteiger partial charge in [-0.2, -0.15) is 8.78 Å². The van der Waals surface area contributed by atoms with Crippen LogP contribution in [0.4, 0.5) is 17.6 Å². The van der Waals surface area contributed by atoms with E-state index in [1.165, 1.54) is 26.0 Å². The maximum Gasteiger partial charge on any atom is 0.204 e. The van der Waals surface area contributed by atoms with E-state index in [2.05, 4.69) is 0 Å². The van der Waals surface area contributed by atoms with Crippen molar-refractivity contribution >= 4 is 0 Å². The van der Waals surface area contributed by atoms with E-state index in [0.29, 0.717) is 0 Å². The van der Waals surface area contributed by atoms with Crippen LogP contribution in [0.1, 0.15) is 26.7 Å². The Morgan fingerprint density at radius 2 is 1.20 bits per heavy atom. The number of benzene rings is 1. The van der Waals surface area contributed by atoms with Crippen LogP contribution in [0.15, 0.2) is 12.1 Å². The number of halogens is 4. The van der Waals surface area contributed by atoms with Crippen molar-refractivity contribution in [1.82, 2.24) is 0 Å². The SMILES string of the molecule is CC(F)CCOc1ccc(OCCC(C)F)c(F)c1F. The first kappa shape index (κ1) is 16.6. The van der Waals surface area contributed by atoms with E-state index in [9.17, 15) is 17.6 Å². The van der Waals surface area contributed by atoms with E-state index in [4.69, 9.17) is 9.47 Å². The van der Waals surface area contributed by atoms with Gasteiger partial charge in [-0.05, 0) is 26.0 Å². The zero-order valence-corrected chi connectivity index (χ0v) is 11.5. The molecule has 0 saturated heterocycles. The molecule has 0 saturated carbocycles. The third-order valence-electron chi connectivity index (χ3n) is 2.56. The lowest BCUT2D eigenvalue weighted by Gasteiger charge is -2.11. The van der Waals surface area contributed by atoms with Crippen LogP contribution in [0.25, 0.3) is 0 Å². The predicted molar refractivity (Wildman–Crippen MR) is 67.7 cm³/mol. The van der Waals surface area contributed by atoms with E-state index in [-0.39, 0.29) is 37.6 Å². The first-order chi connectivity index (χ1) is 9.41. The van der Waals surface area contributed by atoms with Crippen molar-refractivity contribution in [2.24, 2.45) is 0 Å². The lowest BCUT2D eigenvalue weighted by atomic mass is 10.3. The van der Waals surface area contributed by atoms with E-state index in [1.54, 1.807) is 0 Å². The van der Waals surface area contributed by atoms with Gasteiger partial charge < -0.3 is 9.47 Å². The molecule has 0 aliphatic heterocycles. The van der Waals surface area contributed by atoms with Crippen LogP contribution in [0, 0.1) is 11.6 Å². The van der Waals surface area contributed by atoms with E-state index < -0.39 is 24.0 Å². The molecule has 1 aromatic rings. The van der Waals surface area contributed by atoms with Crippen LogP contribution < -0.4 is 9.47 Å². The van der Waals surface area contributed by atoms with Crippen molar-refractivity contribution in [3.05, 3.63) is 23.8 Å². The Morgan fingerprint density at radius 1 is 0.850 bits per heavy atom. The zero-order chi connectivity index (χ0) is 15.1. The molecule has 1 aromatic carbocycles. The molecule has 2 atom stereocenters. The van der Waals surface area contributed by atoms with Gasteiger partial charge in [0.05, 0.1) is 13.2 Å². The monoisotopic (exact) mass is 294 g/mol. The molecule has 6 heteroatoms. The predicted octanol–water partition coefficient (Wildman–Crippen LogP) is 4.22. The molecular formula is C14H18F4O2. The van der Waals surface area contributed by atoms with Crippen LogP contribution in [-0.4, -0.2) is 25.6 Å². The second kappa shape index (κ2) is 7.97. The van der Waals surface area contributed by atoms with Gasteiger partial charge in [0, 0.05) is 12.8 Å². The fraction of sp³-hybridized carbons (Fsp3) is 0.571. The molecule has 0 fully saturated rings. The maximum atomic E-state index is 13.6. The summed E-state index contributed by atoms with van der Waals surface area (Å²) in [6.07, 6.45) is -1.97. The van der Waals surface area contributed by atoms with Gasteiger partial charge in [-0.3, -0.25) is 0 Å². The van der Waals surface area contributed by atoms with Gasteiger partial charge in [0.25, 0.3) is 0 Å². The number of hydrogen-bond donors (Lipinski definition) is 0. The molecule has 0 bridgehead atoms. The van der Waals surface area contributed by atoms with Crippen molar-refractivity contribution in [2.75, 3.05) is 13.2 Å². The molecule has 0 aliphatic carbocycles. The van der Waals surface area contributed by atoms with Crippen LogP contribution >= 0.6 is 0 Å². The molecule has 0 amide bonds. The topological polar surface area (TPSA) is 18.5 Å². The highest BCUT2D eigenvalue weighted by molar-refractivity contribution is 5.35. The highest BCUT2D eigenvalue weighted by atomic mass is 19.2. The summed E-state index contributed by atoms with van der Waals surface area (Å²) in [7, 11) is 0. The van der Waals surface area contributed by atoms with Crippen LogP contribution in [0.2, 0.25) is 0 Å². The largest absolute Gasteiger partial charge is 0.490 e. The molecule has 0 aliphatic rings. The third-order valence-corrected chi connectivity index (χ3v) is 2.56. The summed E-state index contributed by atoms with van der Waals surface area (Å²) in [6.45, 7) is 2.60. The van der Waals surface area contributed by atoms with E-state index >= 15 is 0 Å². The molecule has 2 unspecified atom stereocenters. The summed E-state index contributed by atoms with van der Waals surface area (Å²) < 4.78 is 62.3. The summed E-state index contributed by atoms with van der Waals surface area (Å²) in [5.74, 6) is -2.98. The van der Waals surface area contributed by atoms with Crippen molar-refractivity contribution in [1.29, 1.82) is 0 Å². The average molecular weight is 294 g/mol. The molecule has 0 aromatic heterocycles. The second-order valence-corrected chi connectivity index (χ2v) is 4.53. The van der Waals surface area contributed by atoms with Crippen molar-refractivity contribution in [2.45, 2.75) is 39.0 Å². The molecule has 2 nitrogen and oxygen atoms in total. The smallest absolute Gasteiger partial charge is 0.204 e. The quantitative estimate of drug-likeness (QED) is 0.668. The van der Waals surface area contributed by atoms with Gasteiger partial charge in [-0.1, -0.05) is 0 Å². The third kappa shape index (κ3) is 5.27. The summed E-state index contributed by atoms with van der Waals surface area (Å²) in [5, 5.41) is 0. The summed E-state index contributed by atoms with van der Waals surface area (Å²) in [5.41, 5.74) is 0. The molecular weight excluding hydrogens is 276 g/mol. The number of hydrogen-bond acceptors (Lipinski definition) is 2. The highest BCUT2D eigenvalue weighted by Gasteiger charge is 2.16. The van der Waals surface area contributed by atoms with Gasteiger partial charge in [-0.15, -0.1) is 0 Å². The van der Waals surface area contributed by atoms with Crippen LogP contribution in [0.3, 0.4) is 0 Å². The lowest BCUT2D eigenvalue weighted by Crippen LogP contribution is -2.08. The zero-order valence-electron chi connectivity index (χ0n) is 11.5. The Balaban J connectivity index is 2.61. The molecule has 20 heavy (non-hydrogen) atoms. The summed E-state index contributed by atoms with van der Waals surface area (Å²) >= 11 is 0. The maximum absolute atomic E-state index is 13.6. The Hall–Kier alpha value is -1.46. The minimum atomic E-state index is -1.19. The van der Waals surface area contributed by atoms with Crippen LogP contribution in [-0.2, 0) is 0 Å². The number of rotatable bonds is 8. The van der Waals surface area contributed by atoms with E-state index in [1.807, 2.05) is 0 Å². The Bertz CT molecular complexity index is 383. The van der Waals surface area contributed by atoms with Crippen molar-refractivity contribution in [3.63, 3.8) is 0 Å². The fourth-order valence-corrected chi connectivity index (χ4v) is 1.40. The Labute approximate surface area is 115 Å². The molecule has 0 spiro atoms. The standard InChI is InChI=1S/C14H18F4O2/c1-9(15)5-7-19-11-3-4-12(14(18)13(11)17)20-8-6-10(2)16/h3-4,9-10H,5-8H2,1-2H3. The summed E-state index contributed by atoms with van der Waals surface area (Å²) in [6, 6.07) is 2.41. The Morgan fingerprint density at radius 3 is 1.50 bits per heavy atom. The molecule has 0 heterocycles. The first-order valence-corrected chi connectivity index (χ1v) is 6.43. The average Bonchev–Trinajstić information content (AvgIpc) is 2.36. The van der Waals surface area contributed by atoms with E-state index in [0.717, 1.165) is 0 Å². The molecule has 1 rings (SSSR count). The molecule has 114 valence electrons. The highest BCUT2D eigenvalue weighted by Crippen LogP contribution is 2.28. The van der Waals surface area contributed by atoms with Gasteiger partial charge >= 0.3 is 0 Å². The van der Waals surface area contributed by atoms with Crippen molar-refractivity contribution in [3.8, 4) is 11.5 Å². The lowest BCUT2D eigenvalue weighted by molar-refractivity contribution is 0.226. The fourth-order valence-electron chi connectivity index (χ4n) is 1.40. The van der Waals surface area contributed by atoms with Gasteiger partial charge in [0.2, 0.25) is 11.6 Å². The minimum absolute atomic E-state index is 0.0480.